The molecule has 0 bridgehead atoms. The first-order valence-corrected chi connectivity index (χ1v) is 8.21. The molecule has 0 fully saturated rings. The van der Waals surface area contributed by atoms with E-state index in [0.29, 0.717) is 6.42 Å². The maximum atomic E-state index is 12.7. The molecule has 23 heavy (non-hydrogen) atoms. The van der Waals surface area contributed by atoms with Crippen LogP contribution < -0.4 is 10.2 Å². The minimum atomic E-state index is -0.507. The zero-order valence-corrected chi connectivity index (χ0v) is 14.6. The summed E-state index contributed by atoms with van der Waals surface area (Å²) < 4.78 is 0.964. The van der Waals surface area contributed by atoms with E-state index in [-0.39, 0.29) is 11.8 Å². The molecule has 1 atom stereocenters. The number of hydrogen-bond donors (Lipinski definition) is 1. The molecule has 5 heteroatoms. The first kappa shape index (κ1) is 15.7. The number of amides is 2. The minimum absolute atomic E-state index is 0.123. The van der Waals surface area contributed by atoms with Gasteiger partial charge in [-0.3, -0.25) is 14.5 Å². The first-order chi connectivity index (χ1) is 11.0. The third kappa shape index (κ3) is 3.01. The number of rotatable bonds is 2. The molecule has 2 amide bonds. The van der Waals surface area contributed by atoms with Crippen molar-refractivity contribution in [3.8, 4) is 0 Å². The molecular weight excluding hydrogens is 356 g/mol. The van der Waals surface area contributed by atoms with Crippen molar-refractivity contribution < 1.29 is 9.59 Å². The van der Waals surface area contributed by atoms with Crippen LogP contribution in [-0.4, -0.2) is 17.9 Å². The second-order valence-electron chi connectivity index (χ2n) is 5.69. The number of nitrogens with zero attached hydrogens (tertiary/aromatic N) is 1. The van der Waals surface area contributed by atoms with E-state index in [1.54, 1.807) is 4.90 Å². The van der Waals surface area contributed by atoms with Crippen LogP contribution >= 0.6 is 15.9 Å². The fraction of sp³-hybridized carbons (Fsp3) is 0.222. The summed E-state index contributed by atoms with van der Waals surface area (Å²) in [6.07, 6.45) is 0.539. The van der Waals surface area contributed by atoms with Gasteiger partial charge < -0.3 is 5.32 Å². The Labute approximate surface area is 143 Å². The van der Waals surface area contributed by atoms with E-state index in [2.05, 4.69) is 21.2 Å². The summed E-state index contributed by atoms with van der Waals surface area (Å²) in [5, 5.41) is 2.95. The van der Waals surface area contributed by atoms with Crippen molar-refractivity contribution >= 4 is 39.1 Å². The van der Waals surface area contributed by atoms with Crippen molar-refractivity contribution in [1.82, 2.24) is 0 Å². The van der Waals surface area contributed by atoms with Crippen molar-refractivity contribution in [1.29, 1.82) is 0 Å². The lowest BCUT2D eigenvalue weighted by Gasteiger charge is -2.23. The predicted molar refractivity (Wildman–Crippen MR) is 94.6 cm³/mol. The van der Waals surface area contributed by atoms with Gasteiger partial charge in [0.2, 0.25) is 11.8 Å². The van der Waals surface area contributed by atoms with Gasteiger partial charge in [-0.1, -0.05) is 34.1 Å². The van der Waals surface area contributed by atoms with Crippen LogP contribution in [0, 0.1) is 6.92 Å². The molecule has 118 valence electrons. The number of fused-ring (bicyclic) bond motifs is 1. The maximum absolute atomic E-state index is 12.7. The lowest BCUT2D eigenvalue weighted by Crippen LogP contribution is -2.44. The van der Waals surface area contributed by atoms with E-state index >= 15 is 0 Å². The quantitative estimate of drug-likeness (QED) is 0.873. The SMILES string of the molecule is CC(=O)N1c2ccccc2C[C@@H]1C(=O)Nc1ccc(Br)cc1C. The largest absolute Gasteiger partial charge is 0.324 e. The molecule has 0 unspecified atom stereocenters. The molecule has 0 radical (unpaired) electrons. The topological polar surface area (TPSA) is 49.4 Å². The molecule has 0 aromatic heterocycles. The van der Waals surface area contributed by atoms with Crippen LogP contribution in [0.3, 0.4) is 0 Å². The molecule has 1 aliphatic rings. The van der Waals surface area contributed by atoms with Gasteiger partial charge >= 0.3 is 0 Å². The second kappa shape index (κ2) is 6.16. The number of carbonyl (C=O) groups is 2. The minimum Gasteiger partial charge on any atom is -0.324 e. The monoisotopic (exact) mass is 372 g/mol. The number of para-hydroxylation sites is 1. The number of nitrogens with one attached hydrogen (secondary N) is 1. The van der Waals surface area contributed by atoms with Gasteiger partial charge in [0.05, 0.1) is 0 Å². The molecule has 1 N–H and O–H groups in total. The van der Waals surface area contributed by atoms with E-state index in [1.807, 2.05) is 49.4 Å². The summed E-state index contributed by atoms with van der Waals surface area (Å²) in [5.74, 6) is -0.288. The fourth-order valence-corrected chi connectivity index (χ4v) is 3.44. The molecule has 1 aliphatic heterocycles. The normalized spacial score (nSPS) is 16.1. The van der Waals surface area contributed by atoms with Crippen molar-refractivity contribution in [3.63, 3.8) is 0 Å². The van der Waals surface area contributed by atoms with Crippen LogP contribution in [0.2, 0.25) is 0 Å². The summed E-state index contributed by atoms with van der Waals surface area (Å²) in [4.78, 5) is 26.3. The molecule has 0 saturated carbocycles. The summed E-state index contributed by atoms with van der Waals surface area (Å²) in [6.45, 7) is 3.43. The Morgan fingerprint density at radius 1 is 1.22 bits per heavy atom. The molecule has 4 nitrogen and oxygen atoms in total. The highest BCUT2D eigenvalue weighted by atomic mass is 79.9. The van der Waals surface area contributed by atoms with Crippen molar-refractivity contribution in [2.45, 2.75) is 26.3 Å². The van der Waals surface area contributed by atoms with Crippen LogP contribution in [0.5, 0.6) is 0 Å². The third-order valence-corrected chi connectivity index (χ3v) is 4.56. The zero-order chi connectivity index (χ0) is 16.6. The first-order valence-electron chi connectivity index (χ1n) is 7.42. The van der Waals surface area contributed by atoms with Gasteiger partial charge in [0.15, 0.2) is 0 Å². The standard InChI is InChI=1S/C18H17BrN2O2/c1-11-9-14(19)7-8-15(11)20-18(23)17-10-13-5-3-4-6-16(13)21(17)12(2)22/h3-9,17H,10H2,1-2H3,(H,20,23)/t17-/m1/s1. The number of hydrogen-bond acceptors (Lipinski definition) is 2. The fourth-order valence-electron chi connectivity index (χ4n) is 2.97. The smallest absolute Gasteiger partial charge is 0.247 e. The van der Waals surface area contributed by atoms with Gasteiger partial charge in [0.25, 0.3) is 0 Å². The molecule has 0 aliphatic carbocycles. The van der Waals surface area contributed by atoms with Crippen molar-refractivity contribution in [2.75, 3.05) is 10.2 Å². The molecule has 2 aromatic carbocycles. The van der Waals surface area contributed by atoms with Crippen LogP contribution in [0.15, 0.2) is 46.9 Å². The molecule has 1 heterocycles. The Morgan fingerprint density at radius 2 is 1.96 bits per heavy atom. The molecule has 0 saturated heterocycles. The lowest BCUT2D eigenvalue weighted by molar-refractivity contribution is -0.122. The maximum Gasteiger partial charge on any atom is 0.247 e. The Morgan fingerprint density at radius 3 is 2.65 bits per heavy atom. The van der Waals surface area contributed by atoms with Gasteiger partial charge in [-0.25, -0.2) is 0 Å². The predicted octanol–water partition coefficient (Wildman–Crippen LogP) is 3.67. The Hall–Kier alpha value is -2.14. The summed E-state index contributed by atoms with van der Waals surface area (Å²) in [6, 6.07) is 12.8. The highest BCUT2D eigenvalue weighted by molar-refractivity contribution is 9.10. The Balaban J connectivity index is 1.86. The highest BCUT2D eigenvalue weighted by Crippen LogP contribution is 2.33. The van der Waals surface area contributed by atoms with E-state index in [9.17, 15) is 9.59 Å². The average Bonchev–Trinajstić information content (AvgIpc) is 2.89. The van der Waals surface area contributed by atoms with E-state index in [1.165, 1.54) is 6.92 Å². The number of carbonyl (C=O) groups excluding carboxylic acids is 2. The van der Waals surface area contributed by atoms with Gasteiger partial charge in [0.1, 0.15) is 6.04 Å². The van der Waals surface area contributed by atoms with Gasteiger partial charge in [0, 0.05) is 29.2 Å². The highest BCUT2D eigenvalue weighted by Gasteiger charge is 2.36. The van der Waals surface area contributed by atoms with Gasteiger partial charge in [-0.15, -0.1) is 0 Å². The van der Waals surface area contributed by atoms with Crippen molar-refractivity contribution in [2.24, 2.45) is 0 Å². The summed E-state index contributed by atoms with van der Waals surface area (Å²) >= 11 is 3.41. The number of anilines is 2. The van der Waals surface area contributed by atoms with Crippen molar-refractivity contribution in [3.05, 3.63) is 58.1 Å². The Kier molecular flexibility index (Phi) is 4.22. The molecule has 2 aromatic rings. The van der Waals surface area contributed by atoms with E-state index in [4.69, 9.17) is 0 Å². The molecular formula is C18H17BrN2O2. The zero-order valence-electron chi connectivity index (χ0n) is 13.0. The van der Waals surface area contributed by atoms with Crippen LogP contribution in [-0.2, 0) is 16.0 Å². The van der Waals surface area contributed by atoms with Crippen LogP contribution in [0.1, 0.15) is 18.1 Å². The number of halogens is 1. The van der Waals surface area contributed by atoms with E-state index in [0.717, 1.165) is 27.0 Å². The van der Waals surface area contributed by atoms with E-state index < -0.39 is 6.04 Å². The lowest BCUT2D eigenvalue weighted by atomic mass is 10.1. The van der Waals surface area contributed by atoms with Gasteiger partial charge in [-0.2, -0.15) is 0 Å². The third-order valence-electron chi connectivity index (χ3n) is 4.06. The number of benzene rings is 2. The number of aryl methyl sites for hydroxylation is 1. The van der Waals surface area contributed by atoms with Gasteiger partial charge in [-0.05, 0) is 42.3 Å². The Bertz CT molecular complexity index is 788. The second-order valence-corrected chi connectivity index (χ2v) is 6.60. The molecule has 3 rings (SSSR count). The molecule has 0 spiro atoms. The van der Waals surface area contributed by atoms with Crippen LogP contribution in [0.4, 0.5) is 11.4 Å². The average molecular weight is 373 g/mol. The summed E-state index contributed by atoms with van der Waals surface area (Å²) in [5.41, 5.74) is 3.58. The van der Waals surface area contributed by atoms with Crippen LogP contribution in [0.25, 0.3) is 0 Å². The summed E-state index contributed by atoms with van der Waals surface area (Å²) in [7, 11) is 0.